The van der Waals surface area contributed by atoms with E-state index in [0.29, 0.717) is 5.92 Å². The zero-order valence-corrected chi connectivity index (χ0v) is 8.16. The van der Waals surface area contributed by atoms with Crippen molar-refractivity contribution >= 4 is 0 Å². The van der Waals surface area contributed by atoms with Gasteiger partial charge in [-0.2, -0.15) is 0 Å². The van der Waals surface area contributed by atoms with E-state index in [9.17, 15) is 10.2 Å². The van der Waals surface area contributed by atoms with E-state index in [1.807, 2.05) is 0 Å². The molecule has 0 radical (unpaired) electrons. The lowest BCUT2D eigenvalue weighted by molar-refractivity contribution is 0.0165. The minimum absolute atomic E-state index is 0.00116. The van der Waals surface area contributed by atoms with Crippen LogP contribution in [0, 0.1) is 17.3 Å². The third-order valence-electron chi connectivity index (χ3n) is 4.24. The zero-order valence-electron chi connectivity index (χ0n) is 8.16. The van der Waals surface area contributed by atoms with Crippen molar-refractivity contribution in [2.45, 2.75) is 26.2 Å². The Morgan fingerprint density at radius 1 is 1.54 bits per heavy atom. The highest BCUT2D eigenvalue weighted by Crippen LogP contribution is 2.57. The molecule has 3 unspecified atom stereocenters. The van der Waals surface area contributed by atoms with Crippen LogP contribution < -0.4 is 0 Å². The van der Waals surface area contributed by atoms with Crippen molar-refractivity contribution in [3.05, 3.63) is 11.6 Å². The van der Waals surface area contributed by atoms with Gasteiger partial charge in [-0.05, 0) is 25.2 Å². The Morgan fingerprint density at radius 3 is 2.77 bits per heavy atom. The van der Waals surface area contributed by atoms with Gasteiger partial charge in [-0.1, -0.05) is 18.6 Å². The van der Waals surface area contributed by atoms with Gasteiger partial charge in [0.25, 0.3) is 0 Å². The van der Waals surface area contributed by atoms with Crippen molar-refractivity contribution < 1.29 is 10.2 Å². The Labute approximate surface area is 79.3 Å². The molecule has 0 aromatic heterocycles. The van der Waals surface area contributed by atoms with Crippen molar-refractivity contribution in [2.75, 3.05) is 13.2 Å². The first-order valence-corrected chi connectivity index (χ1v) is 5.19. The second-order valence-corrected chi connectivity index (χ2v) is 4.40. The molecule has 2 aliphatic carbocycles. The lowest BCUT2D eigenvalue weighted by atomic mass is 9.67. The molecule has 1 saturated carbocycles. The maximum Gasteiger partial charge on any atom is 0.0502 e. The highest BCUT2D eigenvalue weighted by Gasteiger charge is 2.52. The van der Waals surface area contributed by atoms with Crippen LogP contribution >= 0.6 is 0 Å². The van der Waals surface area contributed by atoms with E-state index in [4.69, 9.17) is 0 Å². The van der Waals surface area contributed by atoms with Gasteiger partial charge in [0.1, 0.15) is 0 Å². The minimum Gasteiger partial charge on any atom is -0.396 e. The second kappa shape index (κ2) is 3.10. The summed E-state index contributed by atoms with van der Waals surface area (Å²) in [5, 5.41) is 18.8. The van der Waals surface area contributed by atoms with E-state index >= 15 is 0 Å². The molecule has 2 heteroatoms. The van der Waals surface area contributed by atoms with E-state index in [1.165, 1.54) is 5.57 Å². The first-order chi connectivity index (χ1) is 6.28. The van der Waals surface area contributed by atoms with E-state index < -0.39 is 0 Å². The quantitative estimate of drug-likeness (QED) is 0.646. The van der Waals surface area contributed by atoms with E-state index in [2.05, 4.69) is 13.0 Å². The molecule has 2 nitrogen and oxygen atoms in total. The number of aliphatic hydroxyl groups excluding tert-OH is 2. The lowest BCUT2D eigenvalue weighted by Crippen LogP contribution is -2.38. The van der Waals surface area contributed by atoms with Gasteiger partial charge in [0.15, 0.2) is 0 Å². The number of fused-ring (bicyclic) bond motifs is 2. The van der Waals surface area contributed by atoms with Gasteiger partial charge in [-0.3, -0.25) is 0 Å². The van der Waals surface area contributed by atoms with Crippen molar-refractivity contribution in [2.24, 2.45) is 17.3 Å². The number of allylic oxidation sites excluding steroid dienone is 1. The summed E-state index contributed by atoms with van der Waals surface area (Å²) in [5.41, 5.74) is 1.39. The van der Waals surface area contributed by atoms with Crippen LogP contribution in [0.25, 0.3) is 0 Å². The van der Waals surface area contributed by atoms with Gasteiger partial charge in [-0.25, -0.2) is 0 Å². The first-order valence-electron chi connectivity index (χ1n) is 5.19. The summed E-state index contributed by atoms with van der Waals surface area (Å²) in [6, 6.07) is 0. The lowest BCUT2D eigenvalue weighted by Gasteiger charge is -2.39. The molecule has 2 N–H and O–H groups in total. The monoisotopic (exact) mass is 182 g/mol. The number of hydrogen-bond donors (Lipinski definition) is 2. The van der Waals surface area contributed by atoms with E-state index in [-0.39, 0.29) is 24.5 Å². The predicted molar refractivity (Wildman–Crippen MR) is 51.2 cm³/mol. The Bertz CT molecular complexity index is 228. The van der Waals surface area contributed by atoms with Crippen LogP contribution in [-0.4, -0.2) is 23.4 Å². The predicted octanol–water partition coefficient (Wildman–Crippen LogP) is 1.33. The van der Waals surface area contributed by atoms with Crippen molar-refractivity contribution in [1.82, 2.24) is 0 Å². The Kier molecular flexibility index (Phi) is 2.20. The molecule has 0 spiro atoms. The molecule has 1 fully saturated rings. The average molecular weight is 182 g/mol. The summed E-state index contributed by atoms with van der Waals surface area (Å²) in [5.74, 6) is 0.830. The van der Waals surface area contributed by atoms with Crippen LogP contribution in [0.3, 0.4) is 0 Å². The maximum atomic E-state index is 9.50. The molecule has 2 bridgehead atoms. The Balaban J connectivity index is 2.32. The molecule has 0 aromatic rings. The maximum absolute atomic E-state index is 9.50. The minimum atomic E-state index is -0.00116. The van der Waals surface area contributed by atoms with Gasteiger partial charge in [0.05, 0.1) is 6.61 Å². The van der Waals surface area contributed by atoms with Crippen LogP contribution in [0.1, 0.15) is 26.2 Å². The van der Waals surface area contributed by atoms with Crippen LogP contribution in [0.4, 0.5) is 0 Å². The molecular formula is C11H18O2. The topological polar surface area (TPSA) is 40.5 Å². The molecule has 74 valence electrons. The molecule has 13 heavy (non-hydrogen) atoms. The molecule has 0 heterocycles. The van der Waals surface area contributed by atoms with Crippen LogP contribution in [0.15, 0.2) is 11.6 Å². The normalized spacial score (nSPS) is 42.5. The fourth-order valence-electron chi connectivity index (χ4n) is 3.31. The van der Waals surface area contributed by atoms with Gasteiger partial charge in [0, 0.05) is 17.9 Å². The van der Waals surface area contributed by atoms with E-state index in [1.54, 1.807) is 0 Å². The average Bonchev–Trinajstić information content (AvgIpc) is 2.74. The molecule has 2 rings (SSSR count). The van der Waals surface area contributed by atoms with Crippen molar-refractivity contribution in [1.29, 1.82) is 0 Å². The molecule has 0 saturated heterocycles. The standard InChI is InChI=1S/C11H18O2/c1-2-11(7-13)9-4-3-8(5-9)10(11)6-12/h3,9-10,12-13H,2,4-7H2,1H3. The molecule has 0 aliphatic heterocycles. The Morgan fingerprint density at radius 2 is 2.31 bits per heavy atom. The van der Waals surface area contributed by atoms with Crippen LogP contribution in [-0.2, 0) is 0 Å². The molecule has 2 aliphatic rings. The van der Waals surface area contributed by atoms with Gasteiger partial charge < -0.3 is 10.2 Å². The summed E-state index contributed by atoms with van der Waals surface area (Å²) >= 11 is 0. The third kappa shape index (κ3) is 1.02. The highest BCUT2D eigenvalue weighted by atomic mass is 16.3. The smallest absolute Gasteiger partial charge is 0.0502 e. The SMILES string of the molecule is CCC1(CO)C2CC=C(C2)C1CO. The van der Waals surface area contributed by atoms with Crippen molar-refractivity contribution in [3.8, 4) is 0 Å². The summed E-state index contributed by atoms with van der Waals surface area (Å²) < 4.78 is 0. The van der Waals surface area contributed by atoms with Gasteiger partial charge in [-0.15, -0.1) is 0 Å². The largest absolute Gasteiger partial charge is 0.396 e. The van der Waals surface area contributed by atoms with Gasteiger partial charge >= 0.3 is 0 Å². The van der Waals surface area contributed by atoms with Gasteiger partial charge in [0.2, 0.25) is 0 Å². The summed E-state index contributed by atoms with van der Waals surface area (Å²) in [7, 11) is 0. The summed E-state index contributed by atoms with van der Waals surface area (Å²) in [6.45, 7) is 2.56. The molecule has 0 aromatic carbocycles. The summed E-state index contributed by atoms with van der Waals surface area (Å²) in [6.07, 6.45) is 5.46. The molecular weight excluding hydrogens is 164 g/mol. The van der Waals surface area contributed by atoms with Crippen LogP contribution in [0.5, 0.6) is 0 Å². The zero-order chi connectivity index (χ0) is 9.47. The summed E-state index contributed by atoms with van der Waals surface area (Å²) in [4.78, 5) is 0. The molecule has 3 atom stereocenters. The Hall–Kier alpha value is -0.340. The van der Waals surface area contributed by atoms with Crippen molar-refractivity contribution in [3.63, 3.8) is 0 Å². The fourth-order valence-corrected chi connectivity index (χ4v) is 3.31. The van der Waals surface area contributed by atoms with E-state index in [0.717, 1.165) is 19.3 Å². The second-order valence-electron chi connectivity index (χ2n) is 4.40. The third-order valence-corrected chi connectivity index (χ3v) is 4.24. The highest BCUT2D eigenvalue weighted by molar-refractivity contribution is 5.27. The number of aliphatic hydroxyl groups is 2. The first kappa shape index (κ1) is 9.22. The molecule has 0 amide bonds. The number of hydrogen-bond acceptors (Lipinski definition) is 2. The van der Waals surface area contributed by atoms with Crippen LogP contribution in [0.2, 0.25) is 0 Å². The fraction of sp³-hybridized carbons (Fsp3) is 0.818. The number of rotatable bonds is 3.